The molecule has 0 aromatic carbocycles. The van der Waals surface area contributed by atoms with Gasteiger partial charge in [-0.1, -0.05) is 65.2 Å². The van der Waals surface area contributed by atoms with Crippen LogP contribution in [0.4, 0.5) is 0 Å². The lowest BCUT2D eigenvalue weighted by Gasteiger charge is -2.19. The van der Waals surface area contributed by atoms with Crippen LogP contribution in [0.1, 0.15) is 117 Å². The first kappa shape index (κ1) is 34.6. The van der Waals surface area contributed by atoms with E-state index in [1.807, 2.05) is 0 Å². The van der Waals surface area contributed by atoms with Crippen LogP contribution in [0.15, 0.2) is 0 Å². The molecule has 9 nitrogen and oxygen atoms in total. The molecule has 0 saturated heterocycles. The van der Waals surface area contributed by atoms with Crippen LogP contribution in [0.5, 0.6) is 0 Å². The molecule has 1 amide bonds. The van der Waals surface area contributed by atoms with Crippen molar-refractivity contribution < 1.29 is 38.2 Å². The minimum Gasteiger partial charge on any atom is -0.462 e. The van der Waals surface area contributed by atoms with Crippen molar-refractivity contribution in [2.24, 2.45) is 0 Å². The second kappa shape index (κ2) is 25.2. The summed E-state index contributed by atoms with van der Waals surface area (Å²) in [6.45, 7) is 4.72. The number of carbonyl (C=O) groups is 5. The molecule has 0 radical (unpaired) electrons. The summed E-state index contributed by atoms with van der Waals surface area (Å²) in [7, 11) is 0. The number of unbranched alkanes of at least 4 members (excludes halogenated alkanes) is 9. The maximum Gasteiger partial charge on any atom is 0.306 e. The number of rotatable bonds is 26. The summed E-state index contributed by atoms with van der Waals surface area (Å²) in [4.78, 5) is 59.6. The lowest BCUT2D eigenvalue weighted by Crippen LogP contribution is -2.31. The Morgan fingerprint density at radius 1 is 0.649 bits per heavy atom. The molecule has 0 aromatic rings. The Hall–Kier alpha value is -2.45. The molecule has 0 aromatic heterocycles. The summed E-state index contributed by atoms with van der Waals surface area (Å²) < 4.78 is 16.0. The molecule has 0 unspecified atom stereocenters. The van der Waals surface area contributed by atoms with E-state index in [0.29, 0.717) is 51.6 Å². The zero-order chi connectivity index (χ0) is 27.6. The number of esters is 3. The van der Waals surface area contributed by atoms with Gasteiger partial charge in [0.25, 0.3) is 0 Å². The number of aldehydes is 1. The van der Waals surface area contributed by atoms with Gasteiger partial charge in [-0.25, -0.2) is 0 Å². The van der Waals surface area contributed by atoms with Gasteiger partial charge in [0, 0.05) is 38.8 Å². The van der Waals surface area contributed by atoms with Crippen LogP contribution in [0.2, 0.25) is 0 Å². The maximum absolute atomic E-state index is 12.4. The largest absolute Gasteiger partial charge is 0.462 e. The van der Waals surface area contributed by atoms with Crippen LogP contribution in [0.3, 0.4) is 0 Å². The fraction of sp³-hybridized carbons (Fsp3) is 0.821. The van der Waals surface area contributed by atoms with E-state index >= 15 is 0 Å². The van der Waals surface area contributed by atoms with Crippen molar-refractivity contribution in [3.8, 4) is 0 Å². The van der Waals surface area contributed by atoms with Gasteiger partial charge in [0.05, 0.1) is 0 Å². The zero-order valence-corrected chi connectivity index (χ0v) is 23.1. The normalized spacial score (nSPS) is 10.7. The number of hydrogen-bond donors (Lipinski definition) is 0. The number of ether oxygens (including phenoxy) is 3. The minimum absolute atomic E-state index is 0.0608. The van der Waals surface area contributed by atoms with E-state index in [0.717, 1.165) is 70.5 Å². The van der Waals surface area contributed by atoms with Crippen molar-refractivity contribution in [2.45, 2.75) is 123 Å². The predicted octanol–water partition coefficient (Wildman–Crippen LogP) is 4.92. The molecule has 0 heterocycles. The zero-order valence-electron chi connectivity index (χ0n) is 23.1. The Balaban J connectivity index is 4.56. The van der Waals surface area contributed by atoms with Crippen LogP contribution in [-0.2, 0) is 38.2 Å². The Labute approximate surface area is 223 Å². The highest BCUT2D eigenvalue weighted by atomic mass is 16.6. The second-order valence-corrected chi connectivity index (χ2v) is 9.36. The van der Waals surface area contributed by atoms with Gasteiger partial charge >= 0.3 is 17.9 Å². The minimum atomic E-state index is -0.879. The quantitative estimate of drug-likeness (QED) is 0.0673. The molecule has 37 heavy (non-hydrogen) atoms. The number of amides is 1. The maximum atomic E-state index is 12.4. The predicted molar refractivity (Wildman–Crippen MR) is 141 cm³/mol. The third kappa shape index (κ3) is 22.5. The van der Waals surface area contributed by atoms with E-state index in [2.05, 4.69) is 13.8 Å². The van der Waals surface area contributed by atoms with Gasteiger partial charge in [-0.2, -0.15) is 0 Å². The molecule has 0 rings (SSSR count). The number of carbonyl (C=O) groups excluding carboxylic acids is 5. The van der Waals surface area contributed by atoms with Gasteiger partial charge in [-0.15, -0.1) is 0 Å². The van der Waals surface area contributed by atoms with Crippen LogP contribution in [-0.4, -0.2) is 67.9 Å². The molecule has 0 bridgehead atoms. The van der Waals surface area contributed by atoms with Gasteiger partial charge < -0.3 is 23.9 Å². The Kier molecular flexibility index (Phi) is 23.5. The first-order valence-electron chi connectivity index (χ1n) is 14.1. The van der Waals surface area contributed by atoms with Crippen molar-refractivity contribution in [3.63, 3.8) is 0 Å². The Bertz CT molecular complexity index is 595. The van der Waals surface area contributed by atoms with Gasteiger partial charge in [0.2, 0.25) is 6.41 Å². The highest BCUT2D eigenvalue weighted by Gasteiger charge is 2.19. The average molecular weight is 528 g/mol. The van der Waals surface area contributed by atoms with E-state index in [1.165, 1.54) is 4.90 Å². The summed E-state index contributed by atoms with van der Waals surface area (Å²) in [5.41, 5.74) is 0. The van der Waals surface area contributed by atoms with Crippen molar-refractivity contribution >= 4 is 30.6 Å². The topological polar surface area (TPSA) is 116 Å². The van der Waals surface area contributed by atoms with E-state index in [1.54, 1.807) is 0 Å². The number of hydrogen-bond acceptors (Lipinski definition) is 8. The van der Waals surface area contributed by atoms with Crippen molar-refractivity contribution in [1.29, 1.82) is 0 Å². The fourth-order valence-corrected chi connectivity index (χ4v) is 3.64. The summed E-state index contributed by atoms with van der Waals surface area (Å²) in [5, 5.41) is 0. The highest BCUT2D eigenvalue weighted by Crippen LogP contribution is 2.09. The summed E-state index contributed by atoms with van der Waals surface area (Å²) in [6, 6.07) is 0. The molecule has 0 aliphatic carbocycles. The van der Waals surface area contributed by atoms with E-state index in [4.69, 9.17) is 14.2 Å². The van der Waals surface area contributed by atoms with Gasteiger partial charge in [-0.05, 0) is 25.7 Å². The summed E-state index contributed by atoms with van der Waals surface area (Å²) in [5.74, 6) is -1.25. The molecule has 9 heteroatoms. The van der Waals surface area contributed by atoms with Crippen molar-refractivity contribution in [2.75, 3.05) is 26.3 Å². The van der Waals surface area contributed by atoms with Gasteiger partial charge in [-0.3, -0.25) is 19.2 Å². The molecule has 0 fully saturated rings. The average Bonchev–Trinajstić information content (AvgIpc) is 2.89. The molecule has 0 spiro atoms. The molecule has 0 atom stereocenters. The second-order valence-electron chi connectivity index (χ2n) is 9.36. The van der Waals surface area contributed by atoms with E-state index < -0.39 is 12.1 Å². The third-order valence-corrected chi connectivity index (χ3v) is 5.87. The Morgan fingerprint density at radius 3 is 1.62 bits per heavy atom. The van der Waals surface area contributed by atoms with Crippen LogP contribution in [0.25, 0.3) is 0 Å². The molecule has 0 aliphatic rings. The molecular formula is C28H49NO8. The van der Waals surface area contributed by atoms with Crippen molar-refractivity contribution in [3.05, 3.63) is 0 Å². The summed E-state index contributed by atoms with van der Waals surface area (Å²) >= 11 is 0. The third-order valence-electron chi connectivity index (χ3n) is 5.87. The molecule has 214 valence electrons. The first-order chi connectivity index (χ1) is 18.0. The van der Waals surface area contributed by atoms with E-state index in [9.17, 15) is 24.0 Å². The van der Waals surface area contributed by atoms with Gasteiger partial charge in [0.1, 0.15) is 19.5 Å². The van der Waals surface area contributed by atoms with E-state index in [-0.39, 0.29) is 31.6 Å². The lowest BCUT2D eigenvalue weighted by molar-refractivity contribution is -0.167. The highest BCUT2D eigenvalue weighted by molar-refractivity contribution is 5.71. The van der Waals surface area contributed by atoms with Crippen molar-refractivity contribution in [1.82, 2.24) is 4.90 Å². The SMILES string of the molecule is CCCCCCCC(=O)OCC(COC(=O)CCCCCCC)OC(=O)CCCN(C=O)CCCC=O. The molecular weight excluding hydrogens is 478 g/mol. The standard InChI is InChI=1S/C28H49NO8/c1-3-5-7-9-11-16-26(32)35-22-25(23-36-27(33)17-12-10-8-6-4-2)37-28(34)18-15-20-29(24-31)19-13-14-21-30/h21,24-25H,3-20,22-23H2,1-2H3. The lowest BCUT2D eigenvalue weighted by atomic mass is 10.1. The monoisotopic (exact) mass is 527 g/mol. The number of nitrogens with zero attached hydrogens (tertiary/aromatic N) is 1. The molecule has 0 N–H and O–H groups in total. The first-order valence-corrected chi connectivity index (χ1v) is 14.1. The summed E-state index contributed by atoms with van der Waals surface area (Å²) in [6.07, 6.45) is 12.7. The van der Waals surface area contributed by atoms with Crippen LogP contribution >= 0.6 is 0 Å². The molecule has 0 aliphatic heterocycles. The van der Waals surface area contributed by atoms with Crippen LogP contribution in [0, 0.1) is 0 Å². The molecule has 0 saturated carbocycles. The van der Waals surface area contributed by atoms with Crippen LogP contribution < -0.4 is 0 Å². The smallest absolute Gasteiger partial charge is 0.306 e. The Morgan fingerprint density at radius 2 is 1.14 bits per heavy atom. The fourth-order valence-electron chi connectivity index (χ4n) is 3.64. The van der Waals surface area contributed by atoms with Gasteiger partial charge in [0.15, 0.2) is 6.10 Å².